The molecule has 2 aliphatic rings. The van der Waals surface area contributed by atoms with Gasteiger partial charge in [0.25, 0.3) is 0 Å². The fourth-order valence-corrected chi connectivity index (χ4v) is 7.51. The molecule has 3 N–H and O–H groups in total. The standard InChI is InChI=1S/C34H52N2O5/c1-9-19(2)14-20(3)30-21(4)15-22(5)31-23(6)16-24(7)34(39,41-31)25(8)32(37)36-29(33(38)40-30)17-26-18-35-28-13-11-10-12-27(26)28/h10-13,18-25,29-31,35,39H,9,14-17H2,1-8H3,(H,36,37). The van der Waals surface area contributed by atoms with E-state index >= 15 is 0 Å². The summed E-state index contributed by atoms with van der Waals surface area (Å²) in [5, 5.41) is 15.9. The Morgan fingerprint density at radius 1 is 1.02 bits per heavy atom. The molecule has 2 saturated heterocycles. The van der Waals surface area contributed by atoms with Crippen molar-refractivity contribution in [3.8, 4) is 0 Å². The highest BCUT2D eigenvalue weighted by atomic mass is 16.6. The van der Waals surface area contributed by atoms with E-state index in [9.17, 15) is 14.7 Å². The first-order valence-corrected chi connectivity index (χ1v) is 15.8. The Bertz CT molecular complexity index is 1190. The third-order valence-electron chi connectivity index (χ3n) is 10.2. The molecule has 11 unspecified atom stereocenters. The van der Waals surface area contributed by atoms with Crippen LogP contribution in [0.25, 0.3) is 10.9 Å². The van der Waals surface area contributed by atoms with E-state index in [-0.39, 0.29) is 48.2 Å². The van der Waals surface area contributed by atoms with Gasteiger partial charge in [-0.05, 0) is 67.4 Å². The second-order valence-electron chi connectivity index (χ2n) is 13.6. The van der Waals surface area contributed by atoms with Crippen molar-refractivity contribution in [2.45, 2.75) is 112 Å². The Labute approximate surface area is 246 Å². The van der Waals surface area contributed by atoms with Crippen LogP contribution in [0.5, 0.6) is 0 Å². The number of hydrogen-bond acceptors (Lipinski definition) is 5. The monoisotopic (exact) mass is 568 g/mol. The highest BCUT2D eigenvalue weighted by Gasteiger charge is 2.52. The van der Waals surface area contributed by atoms with Crippen LogP contribution in [0, 0.1) is 41.4 Å². The molecule has 2 aliphatic heterocycles. The van der Waals surface area contributed by atoms with E-state index in [0.29, 0.717) is 5.92 Å². The van der Waals surface area contributed by atoms with E-state index in [1.54, 1.807) is 6.92 Å². The van der Waals surface area contributed by atoms with Gasteiger partial charge in [-0.15, -0.1) is 0 Å². The topological polar surface area (TPSA) is 101 Å². The van der Waals surface area contributed by atoms with Crippen molar-refractivity contribution in [2.24, 2.45) is 41.4 Å². The second-order valence-corrected chi connectivity index (χ2v) is 13.6. The molecule has 228 valence electrons. The van der Waals surface area contributed by atoms with Crippen molar-refractivity contribution in [1.82, 2.24) is 10.3 Å². The summed E-state index contributed by atoms with van der Waals surface area (Å²) in [6.45, 7) is 16.8. The summed E-state index contributed by atoms with van der Waals surface area (Å²) in [6.07, 6.45) is 5.27. The maximum atomic E-state index is 14.0. The number of amides is 1. The van der Waals surface area contributed by atoms with Crippen LogP contribution in [0.4, 0.5) is 0 Å². The molecule has 1 aromatic heterocycles. The predicted octanol–water partition coefficient (Wildman–Crippen LogP) is 6.24. The summed E-state index contributed by atoms with van der Waals surface area (Å²) in [6, 6.07) is 7.04. The molecule has 1 aromatic carbocycles. The number of hydrogen-bond donors (Lipinski definition) is 3. The number of aliphatic hydroxyl groups is 1. The first kappa shape index (κ1) is 31.6. The number of cyclic esters (lactones) is 1. The van der Waals surface area contributed by atoms with E-state index in [4.69, 9.17) is 9.47 Å². The number of H-pyrrole nitrogens is 1. The molecular weight excluding hydrogens is 516 g/mol. The Morgan fingerprint density at radius 2 is 1.71 bits per heavy atom. The summed E-state index contributed by atoms with van der Waals surface area (Å²) in [5.41, 5.74) is 1.90. The van der Waals surface area contributed by atoms with E-state index in [1.165, 1.54) is 0 Å². The van der Waals surface area contributed by atoms with Gasteiger partial charge in [-0.3, -0.25) is 4.79 Å². The van der Waals surface area contributed by atoms with Crippen LogP contribution in [0.1, 0.15) is 86.6 Å². The Hall–Kier alpha value is -2.38. The minimum atomic E-state index is -1.62. The van der Waals surface area contributed by atoms with Crippen LogP contribution in [0.2, 0.25) is 0 Å². The molecule has 2 fully saturated rings. The van der Waals surface area contributed by atoms with Gasteiger partial charge in [0.2, 0.25) is 5.91 Å². The molecule has 2 bridgehead atoms. The van der Waals surface area contributed by atoms with Crippen molar-refractivity contribution in [2.75, 3.05) is 0 Å². The van der Waals surface area contributed by atoms with Gasteiger partial charge in [-0.2, -0.15) is 0 Å². The first-order chi connectivity index (χ1) is 19.3. The van der Waals surface area contributed by atoms with Crippen LogP contribution in [-0.4, -0.2) is 46.0 Å². The average molecular weight is 569 g/mol. The number of ether oxygens (including phenoxy) is 2. The van der Waals surface area contributed by atoms with Gasteiger partial charge < -0.3 is 24.9 Å². The lowest BCUT2D eigenvalue weighted by molar-refractivity contribution is -0.318. The van der Waals surface area contributed by atoms with Crippen molar-refractivity contribution >= 4 is 22.8 Å². The highest BCUT2D eigenvalue weighted by molar-refractivity contribution is 5.88. The minimum absolute atomic E-state index is 0.0823. The average Bonchev–Trinajstić information content (AvgIpc) is 3.34. The van der Waals surface area contributed by atoms with Gasteiger partial charge in [-0.25, -0.2) is 4.79 Å². The molecule has 0 aliphatic carbocycles. The maximum absolute atomic E-state index is 14.0. The van der Waals surface area contributed by atoms with E-state index < -0.39 is 29.6 Å². The molecule has 3 heterocycles. The summed E-state index contributed by atoms with van der Waals surface area (Å²) in [4.78, 5) is 31.1. The Morgan fingerprint density at radius 3 is 2.41 bits per heavy atom. The van der Waals surface area contributed by atoms with Gasteiger partial charge in [0.15, 0.2) is 5.79 Å². The maximum Gasteiger partial charge on any atom is 0.329 e. The number of carbonyl (C=O) groups is 2. The lowest BCUT2D eigenvalue weighted by Gasteiger charge is -2.49. The lowest BCUT2D eigenvalue weighted by Crippen LogP contribution is -2.59. The van der Waals surface area contributed by atoms with Crippen LogP contribution in [0.15, 0.2) is 30.5 Å². The zero-order valence-electron chi connectivity index (χ0n) is 26.3. The van der Waals surface area contributed by atoms with Gasteiger partial charge in [0.05, 0.1) is 12.0 Å². The van der Waals surface area contributed by atoms with Gasteiger partial charge in [0, 0.05) is 29.4 Å². The van der Waals surface area contributed by atoms with Crippen molar-refractivity contribution in [3.63, 3.8) is 0 Å². The van der Waals surface area contributed by atoms with Crippen LogP contribution in [0.3, 0.4) is 0 Å². The molecule has 0 radical (unpaired) electrons. The fraction of sp³-hybridized carbons (Fsp3) is 0.706. The summed E-state index contributed by atoms with van der Waals surface area (Å²) >= 11 is 0. The van der Waals surface area contributed by atoms with Crippen molar-refractivity contribution in [3.05, 3.63) is 36.0 Å². The molecular formula is C34H52N2O5. The quantitative estimate of drug-likeness (QED) is 0.358. The fourth-order valence-electron chi connectivity index (χ4n) is 7.51. The predicted molar refractivity (Wildman–Crippen MR) is 162 cm³/mol. The molecule has 41 heavy (non-hydrogen) atoms. The first-order valence-electron chi connectivity index (χ1n) is 15.8. The lowest BCUT2D eigenvalue weighted by atomic mass is 9.73. The molecule has 1 amide bonds. The van der Waals surface area contributed by atoms with E-state index in [0.717, 1.165) is 42.1 Å². The normalized spacial score (nSPS) is 36.8. The molecule has 4 rings (SSSR count). The number of para-hydroxylation sites is 1. The molecule has 7 nitrogen and oxygen atoms in total. The number of rotatable bonds is 6. The number of esters is 1. The van der Waals surface area contributed by atoms with Crippen LogP contribution < -0.4 is 5.32 Å². The Kier molecular flexibility index (Phi) is 9.90. The van der Waals surface area contributed by atoms with Gasteiger partial charge in [0.1, 0.15) is 12.1 Å². The zero-order valence-corrected chi connectivity index (χ0v) is 26.3. The Balaban J connectivity index is 1.73. The summed E-state index contributed by atoms with van der Waals surface area (Å²) in [5.74, 6) is -2.43. The number of fused-ring (bicyclic) bond motifs is 3. The molecule has 11 atom stereocenters. The smallest absolute Gasteiger partial charge is 0.329 e. The van der Waals surface area contributed by atoms with Gasteiger partial charge >= 0.3 is 5.97 Å². The van der Waals surface area contributed by atoms with Crippen LogP contribution >= 0.6 is 0 Å². The molecule has 0 spiro atoms. The number of nitrogens with one attached hydrogen (secondary N) is 2. The third-order valence-corrected chi connectivity index (χ3v) is 10.2. The minimum Gasteiger partial charge on any atom is -0.460 e. The van der Waals surface area contributed by atoms with Crippen LogP contribution in [-0.2, 0) is 25.5 Å². The molecule has 2 aromatic rings. The highest BCUT2D eigenvalue weighted by Crippen LogP contribution is 2.44. The SMILES string of the molecule is CCC(C)CC(C)C1OC(=O)C(Cc2c[nH]c3ccccc23)NC(=O)C(C)C2(O)OC(C(C)CC1C)C(C)CC2C. The number of carbonyl (C=O) groups excluding carboxylic acids is 2. The van der Waals surface area contributed by atoms with Crippen molar-refractivity contribution < 1.29 is 24.2 Å². The summed E-state index contributed by atoms with van der Waals surface area (Å²) < 4.78 is 12.9. The molecule has 7 heteroatoms. The number of aromatic nitrogens is 1. The van der Waals surface area contributed by atoms with E-state index in [2.05, 4.69) is 51.8 Å². The third kappa shape index (κ3) is 6.67. The largest absolute Gasteiger partial charge is 0.460 e. The zero-order chi connectivity index (χ0) is 30.1. The number of aromatic amines is 1. The van der Waals surface area contributed by atoms with E-state index in [1.807, 2.05) is 37.4 Å². The van der Waals surface area contributed by atoms with Gasteiger partial charge in [-0.1, -0.05) is 73.1 Å². The second kappa shape index (κ2) is 12.9. The summed E-state index contributed by atoms with van der Waals surface area (Å²) in [7, 11) is 0. The number of benzene rings is 1. The molecule has 0 saturated carbocycles. The van der Waals surface area contributed by atoms with Crippen molar-refractivity contribution in [1.29, 1.82) is 0 Å².